The van der Waals surface area contributed by atoms with E-state index >= 15 is 0 Å². The molecule has 5 heteroatoms. The monoisotopic (exact) mass is 309 g/mol. The fraction of sp³-hybridized carbons (Fsp3) is 0.625. The van der Waals surface area contributed by atoms with Crippen LogP contribution in [-0.2, 0) is 18.8 Å². The summed E-state index contributed by atoms with van der Waals surface area (Å²) in [6.45, 7) is 6.75. The molecule has 1 saturated carbocycles. The molecule has 0 spiro atoms. The van der Waals surface area contributed by atoms with Crippen LogP contribution in [0.25, 0.3) is 0 Å². The lowest BCUT2D eigenvalue weighted by Gasteiger charge is -2.53. The number of fused-ring (bicyclic) bond motifs is 3. The van der Waals surface area contributed by atoms with E-state index in [9.17, 15) is 4.57 Å². The van der Waals surface area contributed by atoms with Gasteiger partial charge in [0.2, 0.25) is 0 Å². The minimum absolute atomic E-state index is 0.156. The number of benzene rings is 1. The Morgan fingerprint density at radius 3 is 2.52 bits per heavy atom. The first-order valence-electron chi connectivity index (χ1n) is 7.88. The zero-order chi connectivity index (χ0) is 15.1. The lowest BCUT2D eigenvalue weighted by molar-refractivity contribution is 0.121. The summed E-state index contributed by atoms with van der Waals surface area (Å²) < 4.78 is 25.0. The van der Waals surface area contributed by atoms with E-state index in [0.717, 1.165) is 24.1 Å². The predicted molar refractivity (Wildman–Crippen MR) is 84.8 cm³/mol. The molecule has 0 saturated heterocycles. The second-order valence-corrected chi connectivity index (χ2v) is 8.11. The molecular formula is C16H24NO3P. The fourth-order valence-electron chi connectivity index (χ4n) is 3.96. The van der Waals surface area contributed by atoms with E-state index in [2.05, 4.69) is 24.4 Å². The number of hydrogen-bond acceptors (Lipinski definition) is 4. The summed E-state index contributed by atoms with van der Waals surface area (Å²) in [6.07, 6.45) is 1.95. The largest absolute Gasteiger partial charge is 0.380 e. The Balaban J connectivity index is 2.10. The summed E-state index contributed by atoms with van der Waals surface area (Å²) in [7, 11) is -3.19. The zero-order valence-corrected chi connectivity index (χ0v) is 13.9. The molecule has 1 fully saturated rings. The van der Waals surface area contributed by atoms with Crippen LogP contribution in [-0.4, -0.2) is 19.3 Å². The molecule has 3 atom stereocenters. The van der Waals surface area contributed by atoms with E-state index in [4.69, 9.17) is 9.05 Å². The van der Waals surface area contributed by atoms with Gasteiger partial charge in [0.05, 0.1) is 19.3 Å². The summed E-state index contributed by atoms with van der Waals surface area (Å²) in [4.78, 5) is 0. The predicted octanol–water partition coefficient (Wildman–Crippen LogP) is 4.37. The number of hydrogen-bond donors (Lipinski definition) is 1. The minimum Gasteiger partial charge on any atom is -0.380 e. The van der Waals surface area contributed by atoms with Crippen molar-refractivity contribution in [2.24, 2.45) is 5.92 Å². The first-order valence-corrected chi connectivity index (χ1v) is 9.42. The van der Waals surface area contributed by atoms with Crippen LogP contribution >= 0.6 is 7.60 Å². The van der Waals surface area contributed by atoms with Crippen molar-refractivity contribution < 1.29 is 13.6 Å². The molecule has 1 aromatic carbocycles. The van der Waals surface area contributed by atoms with Gasteiger partial charge in [0.15, 0.2) is 0 Å². The Labute approximate surface area is 126 Å². The lowest BCUT2D eigenvalue weighted by Crippen LogP contribution is -2.55. The van der Waals surface area contributed by atoms with Crippen LogP contribution in [0.15, 0.2) is 24.3 Å². The lowest BCUT2D eigenvalue weighted by atomic mass is 9.67. The molecular weight excluding hydrogens is 285 g/mol. The van der Waals surface area contributed by atoms with Crippen molar-refractivity contribution in [3.05, 3.63) is 29.8 Å². The summed E-state index contributed by atoms with van der Waals surface area (Å²) in [5, 5.41) is 3.06. The topological polar surface area (TPSA) is 47.6 Å². The molecule has 21 heavy (non-hydrogen) atoms. The van der Waals surface area contributed by atoms with Crippen molar-refractivity contribution in [1.29, 1.82) is 0 Å². The number of nitrogens with one attached hydrogen (secondary N) is 1. The third kappa shape index (κ3) is 1.93. The SMILES string of the molecule is CCOP(=O)(OCC)C12CC(CC)C1Nc1ccccc12. The maximum absolute atomic E-state index is 13.5. The van der Waals surface area contributed by atoms with Gasteiger partial charge in [-0.15, -0.1) is 0 Å². The van der Waals surface area contributed by atoms with Crippen LogP contribution < -0.4 is 5.32 Å². The Hall–Kier alpha value is -0.830. The van der Waals surface area contributed by atoms with Gasteiger partial charge in [-0.2, -0.15) is 0 Å². The van der Waals surface area contributed by atoms with Crippen molar-refractivity contribution in [3.63, 3.8) is 0 Å². The van der Waals surface area contributed by atoms with E-state index in [1.807, 2.05) is 26.0 Å². The second-order valence-electron chi connectivity index (χ2n) is 5.80. The van der Waals surface area contributed by atoms with E-state index in [-0.39, 0.29) is 6.04 Å². The third-order valence-corrected chi connectivity index (χ3v) is 7.75. The maximum atomic E-state index is 13.5. The molecule has 1 heterocycles. The molecule has 0 radical (unpaired) electrons. The van der Waals surface area contributed by atoms with Gasteiger partial charge in [-0.05, 0) is 37.8 Å². The summed E-state index contributed by atoms with van der Waals surface area (Å²) >= 11 is 0. The number of rotatable bonds is 6. The van der Waals surface area contributed by atoms with Crippen molar-refractivity contribution in [2.75, 3.05) is 18.5 Å². The standard InChI is InChI=1S/C16H24NO3P/c1-4-12-11-16(21(18,19-5-2)20-6-3)13-9-7-8-10-14(13)17-15(12)16/h7-10,12,15,17H,4-6,11H2,1-3H3. The van der Waals surface area contributed by atoms with Crippen molar-refractivity contribution in [1.82, 2.24) is 0 Å². The Morgan fingerprint density at radius 1 is 1.24 bits per heavy atom. The van der Waals surface area contributed by atoms with Gasteiger partial charge in [-0.25, -0.2) is 0 Å². The summed E-state index contributed by atoms with van der Waals surface area (Å²) in [5.41, 5.74) is 2.18. The van der Waals surface area contributed by atoms with Gasteiger partial charge < -0.3 is 14.4 Å². The number of anilines is 1. The molecule has 2 aliphatic rings. The summed E-state index contributed by atoms with van der Waals surface area (Å²) in [6, 6.07) is 8.30. The molecule has 1 aliphatic carbocycles. The highest BCUT2D eigenvalue weighted by Gasteiger charge is 2.69. The van der Waals surface area contributed by atoms with Crippen molar-refractivity contribution in [3.8, 4) is 0 Å². The molecule has 0 amide bonds. The minimum atomic E-state index is -3.19. The van der Waals surface area contributed by atoms with Gasteiger partial charge in [-0.1, -0.05) is 31.5 Å². The molecule has 3 unspecified atom stereocenters. The average Bonchev–Trinajstić information content (AvgIpc) is 2.71. The summed E-state index contributed by atoms with van der Waals surface area (Å²) in [5.74, 6) is 0.520. The highest BCUT2D eigenvalue weighted by molar-refractivity contribution is 7.55. The van der Waals surface area contributed by atoms with Crippen LogP contribution in [0.3, 0.4) is 0 Å². The van der Waals surface area contributed by atoms with E-state index in [1.165, 1.54) is 0 Å². The van der Waals surface area contributed by atoms with Gasteiger partial charge >= 0.3 is 7.60 Å². The normalized spacial score (nSPS) is 30.2. The van der Waals surface area contributed by atoms with Gasteiger partial charge in [0, 0.05) is 5.69 Å². The average molecular weight is 309 g/mol. The Bertz CT molecular complexity index is 566. The van der Waals surface area contributed by atoms with Crippen LogP contribution in [0.5, 0.6) is 0 Å². The molecule has 1 aromatic rings. The van der Waals surface area contributed by atoms with Crippen LogP contribution in [0.2, 0.25) is 0 Å². The number of para-hydroxylation sites is 1. The second kappa shape index (κ2) is 5.42. The van der Waals surface area contributed by atoms with Gasteiger partial charge in [-0.3, -0.25) is 4.57 Å². The Morgan fingerprint density at radius 2 is 1.90 bits per heavy atom. The van der Waals surface area contributed by atoms with Crippen LogP contribution in [0, 0.1) is 5.92 Å². The van der Waals surface area contributed by atoms with Crippen LogP contribution in [0.4, 0.5) is 5.69 Å². The molecule has 4 nitrogen and oxygen atoms in total. The van der Waals surface area contributed by atoms with Gasteiger partial charge in [0.25, 0.3) is 0 Å². The molecule has 1 aliphatic heterocycles. The van der Waals surface area contributed by atoms with E-state index in [1.54, 1.807) is 0 Å². The molecule has 3 rings (SSSR count). The zero-order valence-electron chi connectivity index (χ0n) is 13.0. The third-order valence-electron chi connectivity index (χ3n) is 4.87. The van der Waals surface area contributed by atoms with E-state index in [0.29, 0.717) is 19.1 Å². The highest BCUT2D eigenvalue weighted by Crippen LogP contribution is 2.77. The smallest absolute Gasteiger partial charge is 0.343 e. The molecule has 116 valence electrons. The van der Waals surface area contributed by atoms with E-state index < -0.39 is 12.8 Å². The van der Waals surface area contributed by atoms with Crippen LogP contribution in [0.1, 0.15) is 39.2 Å². The highest BCUT2D eigenvalue weighted by atomic mass is 31.2. The quantitative estimate of drug-likeness (QED) is 0.793. The first kappa shape index (κ1) is 15.1. The first-order chi connectivity index (χ1) is 10.1. The van der Waals surface area contributed by atoms with Crippen molar-refractivity contribution in [2.45, 2.75) is 44.8 Å². The maximum Gasteiger partial charge on any atom is 0.343 e. The van der Waals surface area contributed by atoms with Crippen molar-refractivity contribution >= 4 is 13.3 Å². The molecule has 0 aromatic heterocycles. The fourth-order valence-corrected chi connectivity index (χ4v) is 6.74. The molecule has 1 N–H and O–H groups in total. The van der Waals surface area contributed by atoms with Gasteiger partial charge in [0.1, 0.15) is 5.16 Å². The molecule has 0 bridgehead atoms. The Kier molecular flexibility index (Phi) is 3.89.